The molecule has 0 aliphatic carbocycles. The van der Waals surface area contributed by atoms with Crippen LogP contribution in [0.3, 0.4) is 0 Å². The van der Waals surface area contributed by atoms with E-state index in [4.69, 9.17) is 9.15 Å². The number of piperidine rings is 2. The van der Waals surface area contributed by atoms with E-state index >= 15 is 0 Å². The quantitative estimate of drug-likeness (QED) is 0.430. The average Bonchev–Trinajstić information content (AvgIpc) is 3.23. The van der Waals surface area contributed by atoms with E-state index in [1.807, 2.05) is 35.2 Å². The normalized spacial score (nSPS) is 19.6. The number of imide groups is 1. The Balaban J connectivity index is 1.23. The highest BCUT2D eigenvalue weighted by Crippen LogP contribution is 2.35. The Kier molecular flexibility index (Phi) is 6.26. The summed E-state index contributed by atoms with van der Waals surface area (Å²) in [4.78, 5) is 37.3. The van der Waals surface area contributed by atoms with Gasteiger partial charge in [0.05, 0.1) is 18.8 Å². The predicted octanol–water partition coefficient (Wildman–Crippen LogP) is 4.52. The molecule has 5 rings (SSSR count). The van der Waals surface area contributed by atoms with Crippen molar-refractivity contribution in [3.05, 3.63) is 42.2 Å². The van der Waals surface area contributed by atoms with Crippen LogP contribution in [0.4, 0.5) is 0 Å². The van der Waals surface area contributed by atoms with E-state index in [1.54, 1.807) is 13.2 Å². The van der Waals surface area contributed by atoms with Crippen molar-refractivity contribution in [2.75, 3.05) is 19.7 Å². The van der Waals surface area contributed by atoms with E-state index in [9.17, 15) is 14.4 Å². The van der Waals surface area contributed by atoms with Gasteiger partial charge in [0.2, 0.25) is 17.7 Å². The van der Waals surface area contributed by atoms with Crippen molar-refractivity contribution in [1.29, 1.82) is 0 Å². The first kappa shape index (κ1) is 22.4. The molecule has 2 aliphatic heterocycles. The minimum atomic E-state index is -0.377. The molecular weight excluding hydrogens is 432 g/mol. The van der Waals surface area contributed by atoms with Gasteiger partial charge >= 0.3 is 0 Å². The molecular formula is C27H30N2O5. The topological polar surface area (TPSA) is 88.8 Å². The first-order valence-corrected chi connectivity index (χ1v) is 12.1. The molecule has 3 amide bonds. The van der Waals surface area contributed by atoms with Crippen molar-refractivity contribution in [3.63, 3.8) is 0 Å². The van der Waals surface area contributed by atoms with Crippen LogP contribution < -0.4 is 10.1 Å². The van der Waals surface area contributed by atoms with E-state index < -0.39 is 0 Å². The third-order valence-corrected chi connectivity index (χ3v) is 7.23. The van der Waals surface area contributed by atoms with Crippen LogP contribution in [0.5, 0.6) is 5.75 Å². The maximum atomic E-state index is 12.4. The Morgan fingerprint density at radius 2 is 1.94 bits per heavy atom. The average molecular weight is 463 g/mol. The molecule has 0 bridgehead atoms. The molecule has 2 fully saturated rings. The van der Waals surface area contributed by atoms with Gasteiger partial charge in [-0.05, 0) is 73.1 Å². The highest BCUT2D eigenvalue weighted by molar-refractivity contribution is 6.04. The summed E-state index contributed by atoms with van der Waals surface area (Å²) in [5, 5.41) is 5.40. The van der Waals surface area contributed by atoms with Crippen LogP contribution in [0, 0.1) is 5.92 Å². The van der Waals surface area contributed by atoms with Crippen LogP contribution in [0.15, 0.2) is 41.0 Å². The number of carbonyl (C=O) groups is 3. The molecule has 0 radical (unpaired) electrons. The third kappa shape index (κ3) is 4.65. The zero-order valence-corrected chi connectivity index (χ0v) is 19.5. The zero-order valence-electron chi connectivity index (χ0n) is 19.5. The number of carbonyl (C=O) groups excluding carboxylic acids is 3. The Morgan fingerprint density at radius 1 is 1.12 bits per heavy atom. The molecule has 1 N–H and O–H groups in total. The second-order valence-corrected chi connectivity index (χ2v) is 9.49. The molecule has 3 heterocycles. The molecule has 0 saturated carbocycles. The van der Waals surface area contributed by atoms with Crippen molar-refractivity contribution < 1.29 is 23.5 Å². The number of rotatable bonds is 6. The summed E-state index contributed by atoms with van der Waals surface area (Å²) in [6.07, 6.45) is 6.73. The van der Waals surface area contributed by atoms with Gasteiger partial charge < -0.3 is 14.1 Å². The fraction of sp³-hybridized carbons (Fsp3) is 0.444. The Hall–Kier alpha value is -3.35. The van der Waals surface area contributed by atoms with Crippen molar-refractivity contribution in [3.8, 4) is 5.75 Å². The molecule has 178 valence electrons. The molecule has 2 saturated heterocycles. The molecule has 3 aromatic rings. The van der Waals surface area contributed by atoms with Gasteiger partial charge in [0.1, 0.15) is 11.3 Å². The minimum Gasteiger partial charge on any atom is -0.494 e. The number of furan rings is 1. The molecule has 7 nitrogen and oxygen atoms in total. The Morgan fingerprint density at radius 3 is 2.71 bits per heavy atom. The van der Waals surface area contributed by atoms with E-state index in [0.717, 1.165) is 71.8 Å². The minimum absolute atomic E-state index is 0.176. The lowest BCUT2D eigenvalue weighted by atomic mass is 9.90. The molecule has 2 aliphatic rings. The van der Waals surface area contributed by atoms with Gasteiger partial charge in [-0.2, -0.15) is 0 Å². The van der Waals surface area contributed by atoms with Crippen molar-refractivity contribution in [1.82, 2.24) is 10.2 Å². The number of hydrogen-bond acceptors (Lipinski definition) is 5. The number of ether oxygens (including phenoxy) is 1. The van der Waals surface area contributed by atoms with Gasteiger partial charge in [-0.25, -0.2) is 0 Å². The van der Waals surface area contributed by atoms with Crippen molar-refractivity contribution in [2.24, 2.45) is 5.92 Å². The summed E-state index contributed by atoms with van der Waals surface area (Å²) in [5.41, 5.74) is 1.56. The lowest BCUT2D eigenvalue weighted by Crippen LogP contribution is -2.39. The fourth-order valence-electron chi connectivity index (χ4n) is 5.22. The lowest BCUT2D eigenvalue weighted by Gasteiger charge is -2.31. The van der Waals surface area contributed by atoms with Gasteiger partial charge in [-0.15, -0.1) is 0 Å². The summed E-state index contributed by atoms with van der Waals surface area (Å²) in [6, 6.07) is 10.1. The molecule has 0 unspecified atom stereocenters. The highest BCUT2D eigenvalue weighted by Gasteiger charge is 2.30. The van der Waals surface area contributed by atoms with Crippen LogP contribution in [0.2, 0.25) is 0 Å². The molecule has 0 spiro atoms. The number of benzene rings is 2. The van der Waals surface area contributed by atoms with Gasteiger partial charge in [0.15, 0.2) is 0 Å². The van der Waals surface area contributed by atoms with Crippen LogP contribution in [-0.4, -0.2) is 42.3 Å². The van der Waals surface area contributed by atoms with Crippen molar-refractivity contribution in [2.45, 2.75) is 51.4 Å². The number of fused-ring (bicyclic) bond motifs is 2. The standard InChI is InChI=1S/C27H30N2O5/c1-17(30)29-10-8-18(9-11-29)3-2-12-33-21-5-4-19-15-25-23(14-20(19)13-21)24(16-34-25)22-6-7-26(31)28-27(22)32/h4-5,13-16,18,22H,2-3,6-12H2,1H3,(H,28,31,32)/t22-/m0/s1. The Bertz CT molecular complexity index is 1240. The number of nitrogens with zero attached hydrogens (tertiary/aromatic N) is 1. The third-order valence-electron chi connectivity index (χ3n) is 7.23. The van der Waals surface area contributed by atoms with Crippen LogP contribution in [0.1, 0.15) is 56.9 Å². The highest BCUT2D eigenvalue weighted by atomic mass is 16.5. The maximum Gasteiger partial charge on any atom is 0.234 e. The molecule has 34 heavy (non-hydrogen) atoms. The first-order chi connectivity index (χ1) is 16.5. The number of hydrogen-bond donors (Lipinski definition) is 1. The first-order valence-electron chi connectivity index (χ1n) is 12.1. The monoisotopic (exact) mass is 462 g/mol. The van der Waals surface area contributed by atoms with E-state index in [-0.39, 0.29) is 23.6 Å². The van der Waals surface area contributed by atoms with Gasteiger partial charge in [0.25, 0.3) is 0 Å². The van der Waals surface area contributed by atoms with Crippen LogP contribution in [0.25, 0.3) is 21.7 Å². The molecule has 1 atom stereocenters. The summed E-state index contributed by atoms with van der Waals surface area (Å²) >= 11 is 0. The summed E-state index contributed by atoms with van der Waals surface area (Å²) in [6.45, 7) is 4.04. The zero-order chi connectivity index (χ0) is 23.7. The number of amides is 3. The van der Waals surface area contributed by atoms with Crippen LogP contribution >= 0.6 is 0 Å². The molecule has 2 aromatic carbocycles. The summed E-state index contributed by atoms with van der Waals surface area (Å²) in [7, 11) is 0. The van der Waals surface area contributed by atoms with E-state index in [0.29, 0.717) is 25.4 Å². The predicted molar refractivity (Wildman–Crippen MR) is 129 cm³/mol. The summed E-state index contributed by atoms with van der Waals surface area (Å²) < 4.78 is 11.8. The van der Waals surface area contributed by atoms with Crippen molar-refractivity contribution >= 4 is 39.5 Å². The lowest BCUT2D eigenvalue weighted by molar-refractivity contribution is -0.134. The van der Waals surface area contributed by atoms with Crippen LogP contribution in [-0.2, 0) is 14.4 Å². The Labute approximate surface area is 198 Å². The van der Waals surface area contributed by atoms with E-state index in [2.05, 4.69) is 5.32 Å². The van der Waals surface area contributed by atoms with E-state index in [1.165, 1.54) is 0 Å². The molecule has 1 aromatic heterocycles. The largest absolute Gasteiger partial charge is 0.494 e. The second kappa shape index (κ2) is 9.49. The number of likely N-dealkylation sites (tertiary alicyclic amines) is 1. The molecule has 7 heteroatoms. The van der Waals surface area contributed by atoms with Gasteiger partial charge in [0, 0.05) is 37.4 Å². The smallest absolute Gasteiger partial charge is 0.234 e. The van der Waals surface area contributed by atoms with Gasteiger partial charge in [-0.1, -0.05) is 6.07 Å². The number of nitrogens with one attached hydrogen (secondary N) is 1. The second-order valence-electron chi connectivity index (χ2n) is 9.49. The summed E-state index contributed by atoms with van der Waals surface area (Å²) in [5.74, 6) is 0.805. The maximum absolute atomic E-state index is 12.4. The fourth-order valence-corrected chi connectivity index (χ4v) is 5.22. The SMILES string of the molecule is CC(=O)N1CCC(CCCOc2ccc3cc4occ([C@@H]5CCC(=O)NC5=O)c4cc3c2)CC1. The van der Waals surface area contributed by atoms with Gasteiger partial charge in [-0.3, -0.25) is 19.7 Å².